The third kappa shape index (κ3) is 2.16. The molecule has 7 heteroatoms. The zero-order chi connectivity index (χ0) is 15.2. The summed E-state index contributed by atoms with van der Waals surface area (Å²) in [7, 11) is 1.60. The highest BCUT2D eigenvalue weighted by Gasteiger charge is 2.48. The summed E-state index contributed by atoms with van der Waals surface area (Å²) in [5.74, 6) is -0.884. The maximum atomic E-state index is 14.0. The minimum absolute atomic E-state index is 0.0335. The Hall–Kier alpha value is -1.73. The summed E-state index contributed by atoms with van der Waals surface area (Å²) in [6.07, 6.45) is 0.220. The molecule has 1 aliphatic rings. The second-order valence-corrected chi connectivity index (χ2v) is 5.87. The Morgan fingerprint density at radius 1 is 1.52 bits per heavy atom. The summed E-state index contributed by atoms with van der Waals surface area (Å²) in [5, 5.41) is 14.2. The first-order valence-electron chi connectivity index (χ1n) is 6.33. The third-order valence-electron chi connectivity index (χ3n) is 3.65. The average molecular weight is 355 g/mol. The molecule has 3 rings (SSSR count). The first kappa shape index (κ1) is 14.2. The van der Waals surface area contributed by atoms with E-state index in [-0.39, 0.29) is 23.4 Å². The van der Waals surface area contributed by atoms with Crippen molar-refractivity contribution in [1.29, 1.82) is 0 Å². The van der Waals surface area contributed by atoms with Crippen LogP contribution in [-0.4, -0.2) is 34.7 Å². The highest BCUT2D eigenvalue weighted by molar-refractivity contribution is 9.10. The molecule has 0 bridgehead atoms. The Morgan fingerprint density at radius 2 is 2.29 bits per heavy atom. The predicted molar refractivity (Wildman–Crippen MR) is 75.7 cm³/mol. The number of nitrogens with zero attached hydrogens (tertiary/aromatic N) is 2. The van der Waals surface area contributed by atoms with Crippen LogP contribution in [0.15, 0.2) is 33.3 Å². The molecule has 110 valence electrons. The predicted octanol–water partition coefficient (Wildman–Crippen LogP) is 2.29. The lowest BCUT2D eigenvalue weighted by atomic mass is 9.98. The molecule has 1 unspecified atom stereocenters. The van der Waals surface area contributed by atoms with Crippen molar-refractivity contribution in [3.05, 3.63) is 40.3 Å². The fraction of sp³-hybridized carbons (Fsp3) is 0.286. The van der Waals surface area contributed by atoms with Crippen molar-refractivity contribution in [2.75, 3.05) is 13.6 Å². The van der Waals surface area contributed by atoms with Gasteiger partial charge in [-0.1, -0.05) is 11.2 Å². The van der Waals surface area contributed by atoms with Gasteiger partial charge in [-0.25, -0.2) is 4.39 Å². The van der Waals surface area contributed by atoms with E-state index in [0.717, 1.165) is 0 Å². The van der Waals surface area contributed by atoms with E-state index in [1.807, 2.05) is 0 Å². The maximum absolute atomic E-state index is 14.0. The number of aliphatic hydroxyl groups is 1. The molecule has 2 heterocycles. The lowest BCUT2D eigenvalue weighted by Crippen LogP contribution is -2.35. The fourth-order valence-electron chi connectivity index (χ4n) is 2.38. The Kier molecular flexibility index (Phi) is 3.33. The summed E-state index contributed by atoms with van der Waals surface area (Å²) >= 11 is 3.10. The number of likely N-dealkylation sites (N-methyl/N-ethyl adjacent to an activating group) is 1. The van der Waals surface area contributed by atoms with Gasteiger partial charge in [0, 0.05) is 31.6 Å². The summed E-state index contributed by atoms with van der Waals surface area (Å²) in [5.41, 5.74) is -1.25. The molecule has 1 atom stereocenters. The summed E-state index contributed by atoms with van der Waals surface area (Å²) in [4.78, 5) is 13.4. The third-order valence-corrected chi connectivity index (χ3v) is 4.27. The van der Waals surface area contributed by atoms with Gasteiger partial charge in [0.2, 0.25) is 5.60 Å². The minimum atomic E-state index is -1.72. The smallest absolute Gasteiger partial charge is 0.262 e. The highest BCUT2D eigenvalue weighted by Crippen LogP contribution is 2.35. The molecule has 0 aliphatic carbocycles. The van der Waals surface area contributed by atoms with Gasteiger partial charge in [0.25, 0.3) is 5.91 Å². The van der Waals surface area contributed by atoms with Crippen LogP contribution in [0.5, 0.6) is 0 Å². The van der Waals surface area contributed by atoms with Gasteiger partial charge >= 0.3 is 0 Å². The van der Waals surface area contributed by atoms with Crippen LogP contribution >= 0.6 is 15.9 Å². The molecule has 1 aromatic carbocycles. The Labute approximate surface area is 128 Å². The number of benzene rings is 1. The number of amides is 1. The van der Waals surface area contributed by atoms with Gasteiger partial charge in [0.1, 0.15) is 11.5 Å². The molecular formula is C14H12BrFN2O3. The van der Waals surface area contributed by atoms with Crippen molar-refractivity contribution < 1.29 is 18.8 Å². The van der Waals surface area contributed by atoms with Crippen LogP contribution in [-0.2, 0) is 10.4 Å². The van der Waals surface area contributed by atoms with E-state index in [0.29, 0.717) is 11.0 Å². The molecule has 0 spiro atoms. The normalized spacial score (nSPS) is 22.1. The number of hydrogen-bond donors (Lipinski definition) is 1. The van der Waals surface area contributed by atoms with Gasteiger partial charge in [0.15, 0.2) is 5.76 Å². The molecule has 2 aromatic rings. The van der Waals surface area contributed by atoms with E-state index in [2.05, 4.69) is 21.1 Å². The van der Waals surface area contributed by atoms with Crippen LogP contribution in [0.25, 0.3) is 11.3 Å². The zero-order valence-corrected chi connectivity index (χ0v) is 12.7. The Morgan fingerprint density at radius 3 is 2.95 bits per heavy atom. The van der Waals surface area contributed by atoms with Crippen LogP contribution in [0.4, 0.5) is 4.39 Å². The number of carbonyl (C=O) groups is 1. The lowest BCUT2D eigenvalue weighted by molar-refractivity contribution is -0.144. The first-order valence-corrected chi connectivity index (χ1v) is 7.12. The lowest BCUT2D eigenvalue weighted by Gasteiger charge is -2.16. The number of aromatic nitrogens is 1. The van der Waals surface area contributed by atoms with Crippen LogP contribution in [0.2, 0.25) is 0 Å². The van der Waals surface area contributed by atoms with Gasteiger partial charge in [-0.2, -0.15) is 0 Å². The van der Waals surface area contributed by atoms with Crippen LogP contribution in [0.3, 0.4) is 0 Å². The zero-order valence-electron chi connectivity index (χ0n) is 11.1. The maximum Gasteiger partial charge on any atom is 0.262 e. The number of rotatable bonds is 2. The number of hydrogen-bond acceptors (Lipinski definition) is 4. The Balaban J connectivity index is 2.01. The summed E-state index contributed by atoms with van der Waals surface area (Å²) < 4.78 is 19.4. The molecular weight excluding hydrogens is 343 g/mol. The molecule has 21 heavy (non-hydrogen) atoms. The molecule has 0 saturated carbocycles. The van der Waals surface area contributed by atoms with Crippen LogP contribution in [0, 0.1) is 5.82 Å². The van der Waals surface area contributed by atoms with Crippen molar-refractivity contribution in [2.24, 2.45) is 0 Å². The number of halogens is 2. The monoisotopic (exact) mass is 354 g/mol. The van der Waals surface area contributed by atoms with Gasteiger partial charge in [-0.05, 0) is 28.1 Å². The molecule has 0 radical (unpaired) electrons. The van der Waals surface area contributed by atoms with Gasteiger partial charge < -0.3 is 14.5 Å². The summed E-state index contributed by atoms with van der Waals surface area (Å²) in [6, 6.07) is 6.19. The van der Waals surface area contributed by atoms with E-state index >= 15 is 0 Å². The second-order valence-electron chi connectivity index (χ2n) is 5.01. The number of likely N-dealkylation sites (tertiary alicyclic amines) is 1. The molecule has 1 aliphatic heterocycles. The van der Waals surface area contributed by atoms with Crippen LogP contribution < -0.4 is 0 Å². The van der Waals surface area contributed by atoms with Gasteiger partial charge in [-0.15, -0.1) is 0 Å². The molecule has 1 saturated heterocycles. The second kappa shape index (κ2) is 4.92. The van der Waals surface area contributed by atoms with Gasteiger partial charge in [0.05, 0.1) is 4.47 Å². The van der Waals surface area contributed by atoms with Crippen molar-refractivity contribution in [2.45, 2.75) is 12.0 Å². The van der Waals surface area contributed by atoms with Crippen molar-refractivity contribution in [3.8, 4) is 11.3 Å². The van der Waals surface area contributed by atoms with E-state index in [4.69, 9.17) is 4.52 Å². The van der Waals surface area contributed by atoms with E-state index < -0.39 is 17.3 Å². The number of carbonyl (C=O) groups excluding carboxylic acids is 1. The van der Waals surface area contributed by atoms with E-state index in [9.17, 15) is 14.3 Å². The standard InChI is InChI=1S/C14H12BrFN2O3/c1-18-6-5-14(20,13(18)19)11-7-10(17-21-11)8-3-2-4-9(15)12(8)16/h2-4,7,20H,5-6H2,1H3. The van der Waals surface area contributed by atoms with Crippen LogP contribution in [0.1, 0.15) is 12.2 Å². The van der Waals surface area contributed by atoms with Crippen molar-refractivity contribution in [3.63, 3.8) is 0 Å². The SMILES string of the molecule is CN1CCC(O)(c2cc(-c3cccc(Br)c3F)no2)C1=O. The largest absolute Gasteiger partial charge is 0.373 e. The molecule has 1 N–H and O–H groups in total. The quantitative estimate of drug-likeness (QED) is 0.898. The minimum Gasteiger partial charge on any atom is -0.373 e. The van der Waals surface area contributed by atoms with E-state index in [1.165, 1.54) is 11.0 Å². The first-order chi connectivity index (χ1) is 9.93. The molecule has 1 amide bonds. The summed E-state index contributed by atoms with van der Waals surface area (Å²) in [6.45, 7) is 0.427. The topological polar surface area (TPSA) is 66.6 Å². The van der Waals surface area contributed by atoms with Gasteiger partial charge in [-0.3, -0.25) is 4.79 Å². The molecule has 1 aromatic heterocycles. The average Bonchev–Trinajstić information content (AvgIpc) is 3.05. The van der Waals surface area contributed by atoms with Crippen molar-refractivity contribution in [1.82, 2.24) is 10.1 Å². The molecule has 1 fully saturated rings. The Bertz CT molecular complexity index is 718. The fourth-order valence-corrected chi connectivity index (χ4v) is 2.75. The van der Waals surface area contributed by atoms with Crippen molar-refractivity contribution >= 4 is 21.8 Å². The van der Waals surface area contributed by atoms with E-state index in [1.54, 1.807) is 25.2 Å². The highest BCUT2D eigenvalue weighted by atomic mass is 79.9. The molecule has 5 nitrogen and oxygen atoms in total.